The summed E-state index contributed by atoms with van der Waals surface area (Å²) in [5, 5.41) is 24.0. The average Bonchev–Trinajstić information content (AvgIpc) is 2.63. The van der Waals surface area contributed by atoms with E-state index in [9.17, 15) is 19.6 Å². The molecule has 0 aliphatic carbocycles. The molecule has 0 aliphatic rings. The molecule has 0 unspecified atom stereocenters. The fraction of sp³-hybridized carbons (Fsp3) is 0.0526. The van der Waals surface area contributed by atoms with Crippen LogP contribution in [0, 0.1) is 15.9 Å². The standard InChI is InChI=1S/C19H14ClFN2O3S/c20-13-5-3-6-15(8-13)27-18-7-2-1-4-12(18)11-22-14-9-16(21)19(24)17(10-14)23(25)26/h1-10,22,24H,11H2. The van der Waals surface area contributed by atoms with Gasteiger partial charge in [0.15, 0.2) is 5.82 Å². The van der Waals surface area contributed by atoms with Gasteiger partial charge >= 0.3 is 5.69 Å². The number of halogens is 2. The average molecular weight is 405 g/mol. The lowest BCUT2D eigenvalue weighted by molar-refractivity contribution is -0.386. The monoisotopic (exact) mass is 404 g/mol. The maximum absolute atomic E-state index is 13.7. The normalized spacial score (nSPS) is 10.6. The SMILES string of the molecule is O=[N+]([O-])c1cc(NCc2ccccc2Sc2cccc(Cl)c2)cc(F)c1O. The predicted molar refractivity (Wildman–Crippen MR) is 104 cm³/mol. The third-order valence-corrected chi connectivity index (χ3v) is 5.06. The van der Waals surface area contributed by atoms with E-state index in [1.807, 2.05) is 42.5 Å². The number of phenols is 1. The number of nitro benzene ring substituents is 1. The van der Waals surface area contributed by atoms with Crippen molar-refractivity contribution in [1.29, 1.82) is 0 Å². The number of hydrogen-bond acceptors (Lipinski definition) is 5. The van der Waals surface area contributed by atoms with Gasteiger partial charge in [0.2, 0.25) is 5.75 Å². The third kappa shape index (κ3) is 4.69. The molecule has 0 radical (unpaired) electrons. The van der Waals surface area contributed by atoms with Gasteiger partial charge in [0.25, 0.3) is 0 Å². The Labute approximate surface area is 163 Å². The second-order valence-electron chi connectivity index (χ2n) is 5.60. The predicted octanol–water partition coefficient (Wildman–Crippen LogP) is 5.86. The van der Waals surface area contributed by atoms with Gasteiger partial charge < -0.3 is 10.4 Å². The number of anilines is 1. The number of nitrogens with one attached hydrogen (secondary N) is 1. The molecular formula is C19H14ClFN2O3S. The van der Waals surface area contributed by atoms with Crippen molar-refractivity contribution in [2.45, 2.75) is 16.3 Å². The zero-order valence-corrected chi connectivity index (χ0v) is 15.4. The molecule has 3 aromatic rings. The molecule has 0 aromatic heterocycles. The number of nitro groups is 1. The lowest BCUT2D eigenvalue weighted by Gasteiger charge is -2.12. The first kappa shape index (κ1) is 19.0. The lowest BCUT2D eigenvalue weighted by atomic mass is 10.2. The first-order valence-electron chi connectivity index (χ1n) is 7.86. The van der Waals surface area contributed by atoms with E-state index >= 15 is 0 Å². The van der Waals surface area contributed by atoms with E-state index in [4.69, 9.17) is 11.6 Å². The van der Waals surface area contributed by atoms with Gasteiger partial charge in [-0.15, -0.1) is 0 Å². The Morgan fingerprint density at radius 2 is 1.93 bits per heavy atom. The van der Waals surface area contributed by atoms with E-state index in [0.717, 1.165) is 27.5 Å². The van der Waals surface area contributed by atoms with Crippen LogP contribution in [0.5, 0.6) is 5.75 Å². The van der Waals surface area contributed by atoms with Crippen LogP contribution in [-0.2, 0) is 6.54 Å². The van der Waals surface area contributed by atoms with E-state index in [0.29, 0.717) is 11.6 Å². The number of rotatable bonds is 6. The summed E-state index contributed by atoms with van der Waals surface area (Å²) < 4.78 is 13.7. The number of nitrogens with zero attached hydrogens (tertiary/aromatic N) is 1. The van der Waals surface area contributed by atoms with E-state index in [2.05, 4.69) is 5.32 Å². The van der Waals surface area contributed by atoms with Crippen molar-refractivity contribution in [1.82, 2.24) is 0 Å². The molecule has 0 amide bonds. The minimum Gasteiger partial charge on any atom is -0.500 e. The quantitative estimate of drug-likeness (QED) is 0.306. The summed E-state index contributed by atoms with van der Waals surface area (Å²) in [7, 11) is 0. The molecule has 5 nitrogen and oxygen atoms in total. The van der Waals surface area contributed by atoms with Gasteiger partial charge in [-0.2, -0.15) is 0 Å². The van der Waals surface area contributed by atoms with E-state index < -0.39 is 22.2 Å². The van der Waals surface area contributed by atoms with E-state index in [-0.39, 0.29) is 5.69 Å². The maximum atomic E-state index is 13.7. The minimum atomic E-state index is -1.05. The molecule has 138 valence electrons. The summed E-state index contributed by atoms with van der Waals surface area (Å²) in [4.78, 5) is 12.0. The van der Waals surface area contributed by atoms with Crippen molar-refractivity contribution in [2.75, 3.05) is 5.32 Å². The summed E-state index contributed by atoms with van der Waals surface area (Å²) in [6.07, 6.45) is 0. The first-order valence-corrected chi connectivity index (χ1v) is 9.05. The molecule has 0 heterocycles. The fourth-order valence-corrected chi connectivity index (χ4v) is 3.69. The molecule has 0 aliphatic heterocycles. The molecule has 27 heavy (non-hydrogen) atoms. The molecule has 3 aromatic carbocycles. The topological polar surface area (TPSA) is 75.4 Å². The molecule has 0 fully saturated rings. The van der Waals surface area contributed by atoms with Crippen molar-refractivity contribution in [3.63, 3.8) is 0 Å². The highest BCUT2D eigenvalue weighted by molar-refractivity contribution is 7.99. The van der Waals surface area contributed by atoms with Gasteiger partial charge in [-0.05, 0) is 29.8 Å². The van der Waals surface area contributed by atoms with Crippen LogP contribution in [0.1, 0.15) is 5.56 Å². The minimum absolute atomic E-state index is 0.208. The van der Waals surface area contributed by atoms with Gasteiger partial charge in [0, 0.05) is 39.2 Å². The van der Waals surface area contributed by atoms with Crippen LogP contribution in [0.3, 0.4) is 0 Å². The Hall–Kier alpha value is -2.77. The Kier molecular flexibility index (Phi) is 5.83. The summed E-state index contributed by atoms with van der Waals surface area (Å²) >= 11 is 7.55. The van der Waals surface area contributed by atoms with Gasteiger partial charge in [-0.25, -0.2) is 4.39 Å². The lowest BCUT2D eigenvalue weighted by Crippen LogP contribution is -2.02. The zero-order chi connectivity index (χ0) is 19.4. The molecular weight excluding hydrogens is 391 g/mol. The van der Waals surface area contributed by atoms with Gasteiger partial charge in [-0.3, -0.25) is 10.1 Å². The van der Waals surface area contributed by atoms with Gasteiger partial charge in [0.1, 0.15) is 0 Å². The van der Waals surface area contributed by atoms with Crippen LogP contribution in [0.4, 0.5) is 15.8 Å². The van der Waals surface area contributed by atoms with Crippen molar-refractivity contribution in [2.24, 2.45) is 0 Å². The number of benzene rings is 3. The molecule has 0 bridgehead atoms. The molecule has 0 saturated heterocycles. The zero-order valence-electron chi connectivity index (χ0n) is 13.9. The smallest absolute Gasteiger partial charge is 0.315 e. The van der Waals surface area contributed by atoms with Crippen LogP contribution in [0.2, 0.25) is 5.02 Å². The van der Waals surface area contributed by atoms with E-state index in [1.54, 1.807) is 6.07 Å². The van der Waals surface area contributed by atoms with Crippen molar-refractivity contribution in [3.05, 3.63) is 87.2 Å². The molecule has 2 N–H and O–H groups in total. The molecule has 8 heteroatoms. The Morgan fingerprint density at radius 3 is 2.67 bits per heavy atom. The number of aromatic hydroxyl groups is 1. The third-order valence-electron chi connectivity index (χ3n) is 3.72. The summed E-state index contributed by atoms with van der Waals surface area (Å²) in [5.41, 5.74) is 0.456. The van der Waals surface area contributed by atoms with Crippen LogP contribution >= 0.6 is 23.4 Å². The summed E-state index contributed by atoms with van der Waals surface area (Å²) in [6, 6.07) is 17.2. The Morgan fingerprint density at radius 1 is 1.15 bits per heavy atom. The molecule has 0 saturated carbocycles. The number of hydrogen-bond donors (Lipinski definition) is 2. The Balaban J connectivity index is 1.80. The molecule has 3 rings (SSSR count). The summed E-state index contributed by atoms with van der Waals surface area (Å²) in [5.74, 6) is -2.02. The van der Waals surface area contributed by atoms with Crippen LogP contribution < -0.4 is 5.32 Å². The summed E-state index contributed by atoms with van der Waals surface area (Å²) in [6.45, 7) is 0.325. The van der Waals surface area contributed by atoms with Gasteiger partial charge in [0.05, 0.1) is 4.92 Å². The van der Waals surface area contributed by atoms with Crippen molar-refractivity contribution < 1.29 is 14.4 Å². The highest BCUT2D eigenvalue weighted by Gasteiger charge is 2.19. The maximum Gasteiger partial charge on any atom is 0.315 e. The van der Waals surface area contributed by atoms with Crippen LogP contribution in [0.15, 0.2) is 70.5 Å². The van der Waals surface area contributed by atoms with Gasteiger partial charge in [-0.1, -0.05) is 47.6 Å². The largest absolute Gasteiger partial charge is 0.500 e. The second-order valence-corrected chi connectivity index (χ2v) is 7.16. The van der Waals surface area contributed by atoms with Crippen LogP contribution in [-0.4, -0.2) is 10.0 Å². The highest BCUT2D eigenvalue weighted by atomic mass is 35.5. The first-order chi connectivity index (χ1) is 12.9. The highest BCUT2D eigenvalue weighted by Crippen LogP contribution is 2.34. The van der Waals surface area contributed by atoms with E-state index in [1.165, 1.54) is 11.8 Å². The second kappa shape index (κ2) is 8.28. The Bertz CT molecular complexity index is 1000. The fourth-order valence-electron chi connectivity index (χ4n) is 2.43. The van der Waals surface area contributed by atoms with Crippen molar-refractivity contribution >= 4 is 34.7 Å². The molecule has 0 spiro atoms. The number of phenolic OH excluding ortho intramolecular Hbond substituents is 1. The van der Waals surface area contributed by atoms with Crippen molar-refractivity contribution in [3.8, 4) is 5.75 Å². The molecule has 0 atom stereocenters. The van der Waals surface area contributed by atoms with Crippen LogP contribution in [0.25, 0.3) is 0 Å².